The van der Waals surface area contributed by atoms with Crippen molar-refractivity contribution in [3.8, 4) is 0 Å². The predicted octanol–water partition coefficient (Wildman–Crippen LogP) is 2.89. The van der Waals surface area contributed by atoms with Gasteiger partial charge in [-0.3, -0.25) is 4.90 Å². The first-order chi connectivity index (χ1) is 11.8. The van der Waals surface area contributed by atoms with Gasteiger partial charge in [0.2, 0.25) is 15.9 Å². The van der Waals surface area contributed by atoms with Crippen LogP contribution in [-0.4, -0.2) is 53.6 Å². The summed E-state index contributed by atoms with van der Waals surface area (Å²) in [6, 6.07) is 4.77. The molecule has 3 rings (SSSR count). The first kappa shape index (κ1) is 19.0. The SMILES string of the molecule is Cc1nn(CN2CCN(S(=O)(=O)c3ccc(Br)cc3Cl)CC2)c(=S)o1. The Labute approximate surface area is 164 Å². The van der Waals surface area contributed by atoms with Crippen LogP contribution in [0.3, 0.4) is 0 Å². The number of rotatable bonds is 4. The molecule has 1 aliphatic rings. The Morgan fingerprint density at radius 3 is 2.56 bits per heavy atom. The van der Waals surface area contributed by atoms with E-state index in [1.54, 1.807) is 23.7 Å². The van der Waals surface area contributed by atoms with Gasteiger partial charge >= 0.3 is 0 Å². The van der Waals surface area contributed by atoms with Gasteiger partial charge in [-0.25, -0.2) is 13.1 Å². The molecule has 11 heteroatoms. The average molecular weight is 468 g/mol. The molecule has 0 saturated carbocycles. The van der Waals surface area contributed by atoms with E-state index in [4.69, 9.17) is 28.2 Å². The van der Waals surface area contributed by atoms with E-state index in [0.29, 0.717) is 43.6 Å². The van der Waals surface area contributed by atoms with Gasteiger partial charge in [0, 0.05) is 37.6 Å². The molecule has 7 nitrogen and oxygen atoms in total. The molecule has 1 aliphatic heterocycles. The molecule has 2 aromatic rings. The van der Waals surface area contributed by atoms with Gasteiger partial charge in [-0.05, 0) is 30.4 Å². The van der Waals surface area contributed by atoms with Gasteiger partial charge in [-0.15, -0.1) is 5.10 Å². The zero-order valence-electron chi connectivity index (χ0n) is 13.4. The summed E-state index contributed by atoms with van der Waals surface area (Å²) >= 11 is 14.5. The van der Waals surface area contributed by atoms with Crippen LogP contribution in [0.5, 0.6) is 0 Å². The van der Waals surface area contributed by atoms with Crippen molar-refractivity contribution in [2.75, 3.05) is 26.2 Å². The maximum Gasteiger partial charge on any atom is 0.288 e. The Balaban J connectivity index is 1.69. The van der Waals surface area contributed by atoms with Crippen LogP contribution in [0.25, 0.3) is 0 Å². The second kappa shape index (κ2) is 7.45. The summed E-state index contributed by atoms with van der Waals surface area (Å²) in [4.78, 5) is 2.52. The molecule has 25 heavy (non-hydrogen) atoms. The molecule has 0 spiro atoms. The third kappa shape index (κ3) is 4.15. The molecule has 0 unspecified atom stereocenters. The minimum absolute atomic E-state index is 0.125. The minimum atomic E-state index is -3.62. The molecular weight excluding hydrogens is 452 g/mol. The van der Waals surface area contributed by atoms with E-state index in [-0.39, 0.29) is 9.92 Å². The maximum absolute atomic E-state index is 12.8. The number of piperazine rings is 1. The summed E-state index contributed by atoms with van der Waals surface area (Å²) in [5.74, 6) is 0.510. The van der Waals surface area contributed by atoms with E-state index in [1.807, 2.05) is 0 Å². The van der Waals surface area contributed by atoms with E-state index in [1.165, 1.54) is 10.4 Å². The zero-order valence-corrected chi connectivity index (χ0v) is 17.3. The lowest BCUT2D eigenvalue weighted by Crippen LogP contribution is -2.49. The average Bonchev–Trinajstić information content (AvgIpc) is 2.85. The molecule has 1 fully saturated rings. The highest BCUT2D eigenvalue weighted by Gasteiger charge is 2.30. The zero-order chi connectivity index (χ0) is 18.2. The van der Waals surface area contributed by atoms with Crippen molar-refractivity contribution < 1.29 is 12.8 Å². The highest BCUT2D eigenvalue weighted by Crippen LogP contribution is 2.28. The first-order valence-corrected chi connectivity index (χ1v) is 10.5. The van der Waals surface area contributed by atoms with E-state index < -0.39 is 10.0 Å². The Morgan fingerprint density at radius 1 is 1.32 bits per heavy atom. The number of aromatic nitrogens is 2. The van der Waals surface area contributed by atoms with Crippen molar-refractivity contribution >= 4 is 49.8 Å². The fourth-order valence-corrected chi connectivity index (χ4v) is 5.28. The van der Waals surface area contributed by atoms with Crippen molar-refractivity contribution in [1.82, 2.24) is 19.0 Å². The molecule has 1 aromatic carbocycles. The Morgan fingerprint density at radius 2 is 2.00 bits per heavy atom. The van der Waals surface area contributed by atoms with Crippen molar-refractivity contribution in [2.24, 2.45) is 0 Å². The topological polar surface area (TPSA) is 71.6 Å². The lowest BCUT2D eigenvalue weighted by molar-refractivity contribution is 0.143. The molecule has 1 aromatic heterocycles. The molecule has 136 valence electrons. The van der Waals surface area contributed by atoms with Crippen LogP contribution in [0.2, 0.25) is 5.02 Å². The van der Waals surface area contributed by atoms with Crippen molar-refractivity contribution in [3.63, 3.8) is 0 Å². The summed E-state index contributed by atoms with van der Waals surface area (Å²) in [6.07, 6.45) is 0. The van der Waals surface area contributed by atoms with Crippen LogP contribution in [0, 0.1) is 11.8 Å². The number of nitrogens with zero attached hydrogens (tertiary/aromatic N) is 4. The normalized spacial score (nSPS) is 17.1. The number of sulfonamides is 1. The molecule has 2 heterocycles. The van der Waals surface area contributed by atoms with Gasteiger partial charge in [0.15, 0.2) is 0 Å². The predicted molar refractivity (Wildman–Crippen MR) is 99.5 cm³/mol. The molecule has 0 N–H and O–H groups in total. The monoisotopic (exact) mass is 466 g/mol. The smallest absolute Gasteiger partial charge is 0.288 e. The van der Waals surface area contributed by atoms with Crippen molar-refractivity contribution in [2.45, 2.75) is 18.5 Å². The van der Waals surface area contributed by atoms with Crippen LogP contribution in [0.4, 0.5) is 0 Å². The van der Waals surface area contributed by atoms with Gasteiger partial charge in [0.05, 0.1) is 11.7 Å². The number of hydrogen-bond donors (Lipinski definition) is 0. The summed E-state index contributed by atoms with van der Waals surface area (Å²) in [7, 11) is -3.62. The molecule has 0 amide bonds. The molecule has 0 aliphatic carbocycles. The van der Waals surface area contributed by atoms with E-state index in [0.717, 1.165) is 4.47 Å². The van der Waals surface area contributed by atoms with Gasteiger partial charge < -0.3 is 4.42 Å². The van der Waals surface area contributed by atoms with Gasteiger partial charge in [0.25, 0.3) is 4.84 Å². The van der Waals surface area contributed by atoms with Crippen LogP contribution >= 0.6 is 39.7 Å². The van der Waals surface area contributed by atoms with E-state index in [9.17, 15) is 8.42 Å². The maximum atomic E-state index is 12.8. The largest absolute Gasteiger partial charge is 0.414 e. The number of halogens is 2. The highest BCUT2D eigenvalue weighted by atomic mass is 79.9. The fraction of sp³-hybridized carbons (Fsp3) is 0.429. The second-order valence-corrected chi connectivity index (χ2v) is 9.20. The van der Waals surface area contributed by atoms with Gasteiger partial charge in [-0.1, -0.05) is 27.5 Å². The number of hydrogen-bond acceptors (Lipinski definition) is 6. The fourth-order valence-electron chi connectivity index (χ4n) is 2.62. The molecule has 0 radical (unpaired) electrons. The minimum Gasteiger partial charge on any atom is -0.414 e. The highest BCUT2D eigenvalue weighted by molar-refractivity contribution is 9.10. The number of benzene rings is 1. The van der Waals surface area contributed by atoms with Crippen molar-refractivity contribution in [3.05, 3.63) is 38.4 Å². The Kier molecular flexibility index (Phi) is 5.66. The third-order valence-electron chi connectivity index (χ3n) is 3.88. The summed E-state index contributed by atoms with van der Waals surface area (Å²) in [5, 5.41) is 4.40. The quantitative estimate of drug-likeness (QED) is 0.644. The first-order valence-electron chi connectivity index (χ1n) is 7.49. The van der Waals surface area contributed by atoms with E-state index >= 15 is 0 Å². The van der Waals surface area contributed by atoms with Crippen LogP contribution in [-0.2, 0) is 16.7 Å². The Bertz CT molecular complexity index is 936. The van der Waals surface area contributed by atoms with Gasteiger partial charge in [0.1, 0.15) is 4.90 Å². The molecule has 1 saturated heterocycles. The lowest BCUT2D eigenvalue weighted by atomic mass is 10.4. The van der Waals surface area contributed by atoms with Crippen LogP contribution in [0.1, 0.15) is 5.89 Å². The lowest BCUT2D eigenvalue weighted by Gasteiger charge is -2.33. The Hall–Kier alpha value is -0.780. The third-order valence-corrected chi connectivity index (χ3v) is 7.05. The summed E-state index contributed by atoms with van der Waals surface area (Å²) in [5.41, 5.74) is 0. The second-order valence-electron chi connectivity index (χ2n) is 5.62. The summed E-state index contributed by atoms with van der Waals surface area (Å²) in [6.45, 7) is 4.10. The standard InChI is InChI=1S/C14H16BrClN4O3S2/c1-10-17-20(14(24)23-10)9-18-4-6-19(7-5-18)25(21,22)13-3-2-11(15)8-12(13)16/h2-3,8H,4-7,9H2,1H3. The van der Waals surface area contributed by atoms with Gasteiger partial charge in [-0.2, -0.15) is 4.31 Å². The molecule has 0 bridgehead atoms. The van der Waals surface area contributed by atoms with Crippen LogP contribution < -0.4 is 0 Å². The van der Waals surface area contributed by atoms with Crippen LogP contribution in [0.15, 0.2) is 32.0 Å². The summed E-state index contributed by atoms with van der Waals surface area (Å²) < 4.78 is 34.6. The molecular formula is C14H16BrClN4O3S2. The number of aryl methyl sites for hydroxylation is 1. The van der Waals surface area contributed by atoms with Crippen molar-refractivity contribution in [1.29, 1.82) is 0 Å². The van der Waals surface area contributed by atoms with E-state index in [2.05, 4.69) is 25.9 Å². The molecule has 0 atom stereocenters.